The van der Waals surface area contributed by atoms with Crippen LogP contribution in [0.2, 0.25) is 0 Å². The van der Waals surface area contributed by atoms with Crippen LogP contribution in [0, 0.1) is 0 Å². The van der Waals surface area contributed by atoms with Gasteiger partial charge >= 0.3 is 13.2 Å². The number of halogens is 4. The molecule has 0 amide bonds. The van der Waals surface area contributed by atoms with Crippen molar-refractivity contribution in [3.63, 3.8) is 0 Å². The van der Waals surface area contributed by atoms with Gasteiger partial charge in [0, 0.05) is 0 Å². The molecule has 0 spiro atoms. The Kier molecular flexibility index (Phi) is 7.04. The minimum atomic E-state index is -6.00. The first kappa shape index (κ1) is 16.4. The minimum absolute atomic E-state index is 0.312. The molecule has 0 atom stereocenters. The maximum Gasteiger partial charge on any atom is 0.673 e. The van der Waals surface area contributed by atoms with E-state index in [2.05, 4.69) is 4.74 Å². The second kappa shape index (κ2) is 6.44. The molecule has 0 aromatic heterocycles. The molecule has 0 rings (SSSR count). The Morgan fingerprint density at radius 3 is 1.73 bits per heavy atom. The van der Waals surface area contributed by atoms with Crippen molar-refractivity contribution in [3.05, 3.63) is 12.3 Å². The first-order valence-corrected chi connectivity index (χ1v) is 3.91. The molecule has 15 heavy (non-hydrogen) atoms. The molecule has 0 aromatic carbocycles. The van der Waals surface area contributed by atoms with Gasteiger partial charge in [0.25, 0.3) is 0 Å². The highest BCUT2D eigenvalue weighted by atomic mass is 19.5. The minimum Gasteiger partial charge on any atom is -0.466 e. The Morgan fingerprint density at radius 2 is 1.53 bits per heavy atom. The average Bonchev–Trinajstić information content (AvgIpc) is 1.95. The summed E-state index contributed by atoms with van der Waals surface area (Å²) in [5.74, 6) is -0.312. The number of carbonyl (C=O) groups excluding carboxylic acids is 1. The Balaban J connectivity index is 0. The highest BCUT2D eigenvalue weighted by molar-refractivity contribution is 6.50. The SMILES string of the molecule is COC(=O)/C=C/[N+](C)(C)C.F[B-](F)(F)F. The van der Waals surface area contributed by atoms with Crippen LogP contribution in [0.4, 0.5) is 17.3 Å². The molecule has 8 heteroatoms. The topological polar surface area (TPSA) is 26.3 Å². The summed E-state index contributed by atoms with van der Waals surface area (Å²) in [5, 5.41) is 0. The lowest BCUT2D eigenvalue weighted by Crippen LogP contribution is -2.27. The largest absolute Gasteiger partial charge is 0.673 e. The van der Waals surface area contributed by atoms with Crippen molar-refractivity contribution >= 4 is 13.2 Å². The number of ether oxygens (including phenoxy) is 1. The zero-order valence-corrected chi connectivity index (χ0v) is 9.01. The van der Waals surface area contributed by atoms with Gasteiger partial charge in [-0.1, -0.05) is 0 Å². The van der Waals surface area contributed by atoms with Crippen LogP contribution in [-0.2, 0) is 9.53 Å². The van der Waals surface area contributed by atoms with Crippen LogP contribution in [0.5, 0.6) is 0 Å². The predicted molar refractivity (Wildman–Crippen MR) is 49.4 cm³/mol. The summed E-state index contributed by atoms with van der Waals surface area (Å²) in [6.45, 7) is 0. The zero-order chi connectivity index (χ0) is 12.7. The monoisotopic (exact) mass is 231 g/mol. The van der Waals surface area contributed by atoms with E-state index in [1.54, 1.807) is 6.20 Å². The van der Waals surface area contributed by atoms with Crippen molar-refractivity contribution < 1.29 is 31.3 Å². The van der Waals surface area contributed by atoms with Crippen LogP contribution in [-0.4, -0.2) is 46.0 Å². The number of hydrogen-bond acceptors (Lipinski definition) is 2. The number of esters is 1. The highest BCUT2D eigenvalue weighted by Crippen LogP contribution is 2.06. The van der Waals surface area contributed by atoms with E-state index in [-0.39, 0.29) is 5.97 Å². The van der Waals surface area contributed by atoms with Gasteiger partial charge in [0.2, 0.25) is 0 Å². The first-order valence-electron chi connectivity index (χ1n) is 3.91. The van der Waals surface area contributed by atoms with E-state index < -0.39 is 7.25 Å². The summed E-state index contributed by atoms with van der Waals surface area (Å²) in [6.07, 6.45) is 3.17. The molecule has 0 bridgehead atoms. The summed E-state index contributed by atoms with van der Waals surface area (Å²) >= 11 is 0. The molecular weight excluding hydrogens is 217 g/mol. The average molecular weight is 231 g/mol. The van der Waals surface area contributed by atoms with Gasteiger partial charge < -0.3 is 26.5 Å². The van der Waals surface area contributed by atoms with Gasteiger partial charge in [-0.2, -0.15) is 0 Å². The second-order valence-corrected chi connectivity index (χ2v) is 3.45. The fourth-order valence-corrected chi connectivity index (χ4v) is 0.353. The van der Waals surface area contributed by atoms with E-state index in [0.717, 1.165) is 0 Å². The first-order chi connectivity index (χ1) is 6.45. The molecule has 0 aliphatic rings. The third-order valence-electron chi connectivity index (χ3n) is 0.859. The van der Waals surface area contributed by atoms with Gasteiger partial charge in [-0.15, -0.1) is 0 Å². The number of rotatable bonds is 2. The van der Waals surface area contributed by atoms with E-state index in [4.69, 9.17) is 0 Å². The van der Waals surface area contributed by atoms with Crippen molar-refractivity contribution in [1.29, 1.82) is 0 Å². The molecule has 0 heterocycles. The highest BCUT2D eigenvalue weighted by Gasteiger charge is 2.20. The molecule has 0 unspecified atom stereocenters. The van der Waals surface area contributed by atoms with Gasteiger partial charge in [0.15, 0.2) is 0 Å². The lowest BCUT2D eigenvalue weighted by atomic mass is 10.3. The van der Waals surface area contributed by atoms with Gasteiger partial charge in [-0.25, -0.2) is 4.79 Å². The summed E-state index contributed by atoms with van der Waals surface area (Å²) in [4.78, 5) is 10.5. The maximum atomic E-state index is 10.5. The van der Waals surface area contributed by atoms with Crippen LogP contribution in [0.3, 0.4) is 0 Å². The lowest BCUT2D eigenvalue weighted by Gasteiger charge is -2.16. The molecule has 3 nitrogen and oxygen atoms in total. The van der Waals surface area contributed by atoms with Crippen LogP contribution in [0.15, 0.2) is 12.3 Å². The summed E-state index contributed by atoms with van der Waals surface area (Å²) in [7, 11) is 1.24. The van der Waals surface area contributed by atoms with Crippen molar-refractivity contribution in [2.24, 2.45) is 0 Å². The predicted octanol–water partition coefficient (Wildman–Crippen LogP) is 1.68. The second-order valence-electron chi connectivity index (χ2n) is 3.45. The molecule has 0 radical (unpaired) electrons. The third-order valence-corrected chi connectivity index (χ3v) is 0.859. The Bertz CT molecular complexity index is 216. The number of methoxy groups -OCH3 is 1. The number of nitrogens with zero attached hydrogens (tertiary/aromatic N) is 1. The van der Waals surface area contributed by atoms with E-state index >= 15 is 0 Å². The fraction of sp³-hybridized carbons (Fsp3) is 0.571. The molecule has 0 aromatic rings. The molecule has 0 aliphatic carbocycles. The zero-order valence-electron chi connectivity index (χ0n) is 9.01. The van der Waals surface area contributed by atoms with Crippen LogP contribution < -0.4 is 0 Å². The number of quaternary nitrogens is 1. The van der Waals surface area contributed by atoms with Gasteiger partial charge in [-0.3, -0.25) is 0 Å². The Hall–Kier alpha value is -1.05. The standard InChI is InChI=1S/C7H14NO2.BF4/c1-8(2,3)6-5-7(9)10-4;2-1(3,4)5/h5-6H,1-4H3;/q+1;-1/b6-5+;. The molecule has 90 valence electrons. The smallest absolute Gasteiger partial charge is 0.466 e. The summed E-state index contributed by atoms with van der Waals surface area (Å²) in [6, 6.07) is 0. The molecule has 0 saturated heterocycles. The van der Waals surface area contributed by atoms with E-state index in [1.165, 1.54) is 13.2 Å². The fourth-order valence-electron chi connectivity index (χ4n) is 0.353. The van der Waals surface area contributed by atoms with Crippen LogP contribution in [0.25, 0.3) is 0 Å². The maximum absolute atomic E-state index is 10.5. The normalized spacial score (nSPS) is 12.0. The van der Waals surface area contributed by atoms with Gasteiger partial charge in [-0.05, 0) is 0 Å². The van der Waals surface area contributed by atoms with Crippen LogP contribution in [0.1, 0.15) is 0 Å². The van der Waals surface area contributed by atoms with E-state index in [1.807, 2.05) is 21.1 Å². The molecule has 0 aliphatic heterocycles. The van der Waals surface area contributed by atoms with Crippen molar-refractivity contribution in [2.75, 3.05) is 28.3 Å². The van der Waals surface area contributed by atoms with Gasteiger partial charge in [0.1, 0.15) is 6.20 Å². The lowest BCUT2D eigenvalue weighted by molar-refractivity contribution is -0.817. The number of hydrogen-bond donors (Lipinski definition) is 0. The summed E-state index contributed by atoms with van der Waals surface area (Å²) < 4.78 is 44.0. The quantitative estimate of drug-likeness (QED) is 0.237. The van der Waals surface area contributed by atoms with Crippen molar-refractivity contribution in [3.8, 4) is 0 Å². The van der Waals surface area contributed by atoms with Crippen molar-refractivity contribution in [2.45, 2.75) is 0 Å². The Morgan fingerprint density at radius 1 is 1.20 bits per heavy atom. The molecule has 0 fully saturated rings. The Labute approximate surface area is 86.0 Å². The number of carbonyl (C=O) groups is 1. The van der Waals surface area contributed by atoms with E-state index in [0.29, 0.717) is 4.48 Å². The van der Waals surface area contributed by atoms with Crippen molar-refractivity contribution in [1.82, 2.24) is 0 Å². The molecule has 0 saturated carbocycles. The molecular formula is C7H14BF4NO2. The van der Waals surface area contributed by atoms with Crippen LogP contribution >= 0.6 is 0 Å². The molecule has 0 N–H and O–H groups in total. The third kappa shape index (κ3) is 32.1. The summed E-state index contributed by atoms with van der Waals surface area (Å²) in [5.41, 5.74) is 0. The van der Waals surface area contributed by atoms with E-state index in [9.17, 15) is 22.1 Å². The van der Waals surface area contributed by atoms with Gasteiger partial charge in [0.05, 0.1) is 34.3 Å².